The van der Waals surface area contributed by atoms with Gasteiger partial charge in [0.2, 0.25) is 0 Å². The van der Waals surface area contributed by atoms with Crippen LogP contribution < -0.4 is 5.32 Å². The molecule has 17 heavy (non-hydrogen) atoms. The number of hydrogen-bond donors (Lipinski definition) is 1. The Balaban J connectivity index is 2.09. The number of ether oxygens (including phenoxy) is 1. The van der Waals surface area contributed by atoms with Gasteiger partial charge >= 0.3 is 0 Å². The van der Waals surface area contributed by atoms with Crippen molar-refractivity contribution in [1.29, 1.82) is 0 Å². The minimum atomic E-state index is -0.0983. The number of benzene rings is 1. The van der Waals surface area contributed by atoms with Gasteiger partial charge in [-0.1, -0.05) is 12.1 Å². The third-order valence-corrected chi connectivity index (χ3v) is 4.24. The lowest BCUT2D eigenvalue weighted by Crippen LogP contribution is -2.31. The predicted molar refractivity (Wildman–Crippen MR) is 69.0 cm³/mol. The molecule has 4 heteroatoms. The number of nitrogens with one attached hydrogen (secondary N) is 1. The number of methoxy groups -OCH3 is 1. The Bertz CT molecular complexity index is 386. The molecule has 1 aromatic carbocycles. The van der Waals surface area contributed by atoms with Crippen molar-refractivity contribution in [3.63, 3.8) is 0 Å². The molecule has 0 aliphatic carbocycles. The SMILES string of the molecule is COC(C)CNC1CCSc2c(F)cccc21. The van der Waals surface area contributed by atoms with E-state index in [-0.39, 0.29) is 18.0 Å². The highest BCUT2D eigenvalue weighted by Crippen LogP contribution is 2.37. The lowest BCUT2D eigenvalue weighted by atomic mass is 10.0. The van der Waals surface area contributed by atoms with Gasteiger partial charge in [0.25, 0.3) is 0 Å². The largest absolute Gasteiger partial charge is 0.380 e. The third-order valence-electron chi connectivity index (χ3n) is 3.08. The van der Waals surface area contributed by atoms with Crippen LogP contribution in [0.15, 0.2) is 23.1 Å². The number of rotatable bonds is 4. The third kappa shape index (κ3) is 3.00. The normalized spacial score (nSPS) is 21.0. The number of hydrogen-bond acceptors (Lipinski definition) is 3. The Morgan fingerprint density at radius 2 is 2.41 bits per heavy atom. The van der Waals surface area contributed by atoms with Crippen LogP contribution in [-0.2, 0) is 4.74 Å². The summed E-state index contributed by atoms with van der Waals surface area (Å²) in [6, 6.07) is 5.58. The zero-order chi connectivity index (χ0) is 12.3. The fraction of sp³-hybridized carbons (Fsp3) is 0.538. The first-order valence-electron chi connectivity index (χ1n) is 5.89. The maximum atomic E-state index is 13.6. The van der Waals surface area contributed by atoms with E-state index in [1.54, 1.807) is 24.9 Å². The van der Waals surface area contributed by atoms with Gasteiger partial charge in [-0.25, -0.2) is 4.39 Å². The summed E-state index contributed by atoms with van der Waals surface area (Å²) in [5.74, 6) is 0.867. The summed E-state index contributed by atoms with van der Waals surface area (Å²) in [5, 5.41) is 3.45. The van der Waals surface area contributed by atoms with Crippen molar-refractivity contribution in [2.75, 3.05) is 19.4 Å². The van der Waals surface area contributed by atoms with E-state index >= 15 is 0 Å². The van der Waals surface area contributed by atoms with Gasteiger partial charge in [-0.3, -0.25) is 0 Å². The van der Waals surface area contributed by atoms with Gasteiger partial charge < -0.3 is 10.1 Å². The van der Waals surface area contributed by atoms with Gasteiger partial charge in [0.1, 0.15) is 5.82 Å². The molecule has 0 bridgehead atoms. The minimum Gasteiger partial charge on any atom is -0.380 e. The van der Waals surface area contributed by atoms with Gasteiger partial charge in [0.05, 0.1) is 6.10 Å². The molecule has 94 valence electrons. The molecule has 0 aromatic heterocycles. The van der Waals surface area contributed by atoms with Gasteiger partial charge in [0.15, 0.2) is 0 Å². The molecule has 0 amide bonds. The van der Waals surface area contributed by atoms with Crippen LogP contribution in [0.5, 0.6) is 0 Å². The second-order valence-electron chi connectivity index (χ2n) is 4.30. The summed E-state index contributed by atoms with van der Waals surface area (Å²) >= 11 is 1.61. The maximum absolute atomic E-state index is 13.6. The van der Waals surface area contributed by atoms with Crippen LogP contribution in [0.1, 0.15) is 24.9 Å². The van der Waals surface area contributed by atoms with Crippen LogP contribution in [0.3, 0.4) is 0 Å². The Morgan fingerprint density at radius 1 is 1.59 bits per heavy atom. The highest BCUT2D eigenvalue weighted by atomic mass is 32.2. The lowest BCUT2D eigenvalue weighted by molar-refractivity contribution is 0.114. The monoisotopic (exact) mass is 255 g/mol. The van der Waals surface area contributed by atoms with Crippen molar-refractivity contribution in [3.8, 4) is 0 Å². The van der Waals surface area contributed by atoms with E-state index in [0.29, 0.717) is 0 Å². The first-order valence-corrected chi connectivity index (χ1v) is 6.88. The van der Waals surface area contributed by atoms with Gasteiger partial charge in [-0.2, -0.15) is 0 Å². The van der Waals surface area contributed by atoms with E-state index in [2.05, 4.69) is 5.32 Å². The average Bonchev–Trinajstić information content (AvgIpc) is 2.36. The molecule has 0 saturated carbocycles. The van der Waals surface area contributed by atoms with Crippen LogP contribution >= 0.6 is 11.8 Å². The molecule has 0 radical (unpaired) electrons. The summed E-state index contributed by atoms with van der Waals surface area (Å²) in [6.07, 6.45) is 1.22. The fourth-order valence-corrected chi connectivity index (χ4v) is 3.13. The van der Waals surface area contributed by atoms with Crippen LogP contribution in [-0.4, -0.2) is 25.5 Å². The molecular weight excluding hydrogens is 237 g/mol. The average molecular weight is 255 g/mol. The van der Waals surface area contributed by atoms with Crippen molar-refractivity contribution in [2.45, 2.75) is 30.4 Å². The molecule has 2 rings (SSSR count). The maximum Gasteiger partial charge on any atom is 0.137 e. The zero-order valence-corrected chi connectivity index (χ0v) is 11.0. The smallest absolute Gasteiger partial charge is 0.137 e. The molecule has 1 aliphatic heterocycles. The summed E-state index contributed by atoms with van der Waals surface area (Å²) < 4.78 is 18.8. The Morgan fingerprint density at radius 3 is 3.18 bits per heavy atom. The standard InChI is InChI=1S/C13H18FNOS/c1-9(16-2)8-15-12-6-7-17-13-10(12)4-3-5-11(13)14/h3-5,9,12,15H,6-8H2,1-2H3. The fourth-order valence-electron chi connectivity index (χ4n) is 1.99. The molecule has 2 nitrogen and oxygen atoms in total. The summed E-state index contributed by atoms with van der Waals surface area (Å²) in [6.45, 7) is 2.82. The Kier molecular flexibility index (Phi) is 4.42. The molecule has 1 aromatic rings. The summed E-state index contributed by atoms with van der Waals surface area (Å²) in [5.41, 5.74) is 1.09. The van der Waals surface area contributed by atoms with Crippen molar-refractivity contribution < 1.29 is 9.13 Å². The first kappa shape index (κ1) is 12.9. The summed E-state index contributed by atoms with van der Waals surface area (Å²) in [7, 11) is 1.71. The molecule has 1 N–H and O–H groups in total. The van der Waals surface area contributed by atoms with E-state index < -0.39 is 0 Å². The van der Waals surface area contributed by atoms with Crippen molar-refractivity contribution in [1.82, 2.24) is 5.32 Å². The first-order chi connectivity index (χ1) is 8.22. The molecular formula is C13H18FNOS. The van der Waals surface area contributed by atoms with E-state index in [4.69, 9.17) is 4.74 Å². The zero-order valence-electron chi connectivity index (χ0n) is 10.2. The Hall–Kier alpha value is -0.580. The predicted octanol–water partition coefficient (Wildman–Crippen LogP) is 2.99. The number of halogens is 1. The van der Waals surface area contributed by atoms with Crippen molar-refractivity contribution >= 4 is 11.8 Å². The van der Waals surface area contributed by atoms with E-state index in [1.807, 2.05) is 13.0 Å². The van der Waals surface area contributed by atoms with Crippen LogP contribution in [0.2, 0.25) is 0 Å². The molecule has 2 atom stereocenters. The quantitative estimate of drug-likeness (QED) is 0.893. The molecule has 0 saturated heterocycles. The molecule has 0 fully saturated rings. The van der Waals surface area contributed by atoms with Gasteiger partial charge in [-0.05, 0) is 30.7 Å². The number of fused-ring (bicyclic) bond motifs is 1. The second-order valence-corrected chi connectivity index (χ2v) is 5.41. The molecule has 0 spiro atoms. The topological polar surface area (TPSA) is 21.3 Å². The minimum absolute atomic E-state index is 0.0983. The van der Waals surface area contributed by atoms with Gasteiger partial charge in [-0.15, -0.1) is 11.8 Å². The molecule has 1 heterocycles. The number of thioether (sulfide) groups is 1. The highest BCUT2D eigenvalue weighted by molar-refractivity contribution is 7.99. The van der Waals surface area contributed by atoms with Crippen LogP contribution in [0.4, 0.5) is 4.39 Å². The van der Waals surface area contributed by atoms with E-state index in [0.717, 1.165) is 29.2 Å². The Labute approximate surface area is 106 Å². The van der Waals surface area contributed by atoms with Gasteiger partial charge in [0, 0.05) is 24.6 Å². The van der Waals surface area contributed by atoms with Crippen molar-refractivity contribution in [3.05, 3.63) is 29.6 Å². The molecule has 2 unspecified atom stereocenters. The lowest BCUT2D eigenvalue weighted by Gasteiger charge is -2.27. The highest BCUT2D eigenvalue weighted by Gasteiger charge is 2.22. The van der Waals surface area contributed by atoms with E-state index in [1.165, 1.54) is 6.07 Å². The van der Waals surface area contributed by atoms with E-state index in [9.17, 15) is 4.39 Å². The van der Waals surface area contributed by atoms with Crippen molar-refractivity contribution in [2.24, 2.45) is 0 Å². The van der Waals surface area contributed by atoms with Crippen LogP contribution in [0.25, 0.3) is 0 Å². The van der Waals surface area contributed by atoms with Crippen LogP contribution in [0, 0.1) is 5.82 Å². The molecule has 1 aliphatic rings. The second kappa shape index (κ2) is 5.85. The summed E-state index contributed by atoms with van der Waals surface area (Å²) in [4.78, 5) is 0.807.